The summed E-state index contributed by atoms with van der Waals surface area (Å²) >= 11 is 0. The van der Waals surface area contributed by atoms with Crippen molar-refractivity contribution in [2.45, 2.75) is 52.5 Å². The summed E-state index contributed by atoms with van der Waals surface area (Å²) in [6.45, 7) is 9.95. The van der Waals surface area contributed by atoms with Gasteiger partial charge in [-0.1, -0.05) is 45.0 Å². The van der Waals surface area contributed by atoms with Gasteiger partial charge in [-0.2, -0.15) is 0 Å². The third-order valence-corrected chi connectivity index (χ3v) is 4.81. The first-order chi connectivity index (χ1) is 12.9. The van der Waals surface area contributed by atoms with Crippen molar-refractivity contribution in [3.8, 4) is 5.75 Å². The quantitative estimate of drug-likeness (QED) is 0.548. The molecule has 1 aromatic carbocycles. The summed E-state index contributed by atoms with van der Waals surface area (Å²) in [5.41, 5.74) is 3.28. The molecule has 0 amide bonds. The first-order valence-electron chi connectivity index (χ1n) is 9.50. The fraction of sp³-hybridized carbons (Fsp3) is 0.524. The number of rotatable bonds is 8. The number of nitrogens with zero attached hydrogens (tertiary/aromatic N) is 2. The Balaban J connectivity index is 2.00. The molecule has 0 saturated heterocycles. The molecule has 2 rings (SSSR count). The van der Waals surface area contributed by atoms with Crippen molar-refractivity contribution in [3.05, 3.63) is 46.8 Å². The van der Waals surface area contributed by atoms with Gasteiger partial charge < -0.3 is 19.9 Å². The van der Waals surface area contributed by atoms with E-state index in [0.717, 1.165) is 48.1 Å². The molecule has 0 atom stereocenters. The summed E-state index contributed by atoms with van der Waals surface area (Å²) in [6.07, 6.45) is 1.69. The minimum atomic E-state index is -0.0769. The molecule has 148 valence electrons. The van der Waals surface area contributed by atoms with Gasteiger partial charge in [-0.05, 0) is 24.1 Å². The van der Waals surface area contributed by atoms with Gasteiger partial charge in [0, 0.05) is 37.5 Å². The Hall–Kier alpha value is -2.50. The number of ether oxygens (including phenoxy) is 1. The van der Waals surface area contributed by atoms with Gasteiger partial charge in [0.1, 0.15) is 11.5 Å². The summed E-state index contributed by atoms with van der Waals surface area (Å²) < 4.78 is 10.8. The van der Waals surface area contributed by atoms with Gasteiger partial charge >= 0.3 is 0 Å². The zero-order valence-corrected chi connectivity index (χ0v) is 17.3. The van der Waals surface area contributed by atoms with Crippen molar-refractivity contribution in [3.63, 3.8) is 0 Å². The number of hydrogen-bond acceptors (Lipinski definition) is 4. The van der Waals surface area contributed by atoms with Crippen molar-refractivity contribution in [2.24, 2.45) is 4.99 Å². The fourth-order valence-corrected chi connectivity index (χ4v) is 2.98. The average molecular weight is 373 g/mol. The van der Waals surface area contributed by atoms with Crippen LogP contribution in [-0.2, 0) is 24.8 Å². The third kappa shape index (κ3) is 5.25. The van der Waals surface area contributed by atoms with E-state index in [1.54, 1.807) is 14.2 Å². The number of methoxy groups -OCH3 is 1. The molecule has 0 unspecified atom stereocenters. The summed E-state index contributed by atoms with van der Waals surface area (Å²) in [6, 6.07) is 8.19. The molecule has 6 nitrogen and oxygen atoms in total. The van der Waals surface area contributed by atoms with Gasteiger partial charge in [0.05, 0.1) is 12.8 Å². The minimum absolute atomic E-state index is 0.0769. The lowest BCUT2D eigenvalue weighted by Crippen LogP contribution is -2.43. The second-order valence-electron chi connectivity index (χ2n) is 7.13. The number of hydrogen-bond donors (Lipinski definition) is 2. The van der Waals surface area contributed by atoms with Gasteiger partial charge in [-0.3, -0.25) is 4.99 Å². The molecular weight excluding hydrogens is 340 g/mol. The second kappa shape index (κ2) is 9.44. The predicted octanol–water partition coefficient (Wildman–Crippen LogP) is 3.45. The number of aryl methyl sites for hydroxylation is 2. The highest BCUT2D eigenvalue weighted by Crippen LogP contribution is 2.25. The van der Waals surface area contributed by atoms with Crippen LogP contribution in [0.3, 0.4) is 0 Å². The van der Waals surface area contributed by atoms with Crippen molar-refractivity contribution < 1.29 is 9.26 Å². The highest BCUT2D eigenvalue weighted by molar-refractivity contribution is 5.79. The number of guanidine groups is 1. The summed E-state index contributed by atoms with van der Waals surface area (Å²) in [5, 5.41) is 11.0. The zero-order valence-electron chi connectivity index (χ0n) is 17.3. The molecule has 0 aliphatic carbocycles. The molecule has 1 heterocycles. The maximum Gasteiger partial charge on any atom is 0.191 e. The smallest absolute Gasteiger partial charge is 0.191 e. The molecule has 0 aliphatic rings. The second-order valence-corrected chi connectivity index (χ2v) is 7.13. The lowest BCUT2D eigenvalue weighted by molar-refractivity contribution is 0.380. The molecule has 27 heavy (non-hydrogen) atoms. The molecule has 0 bridgehead atoms. The molecule has 0 aliphatic heterocycles. The maximum atomic E-state index is 5.43. The van der Waals surface area contributed by atoms with Crippen LogP contribution in [0.25, 0.3) is 0 Å². The average Bonchev–Trinajstić information content (AvgIpc) is 3.10. The molecule has 0 spiro atoms. The molecule has 2 N–H and O–H groups in total. The van der Waals surface area contributed by atoms with Crippen LogP contribution in [0.1, 0.15) is 50.3 Å². The van der Waals surface area contributed by atoms with Crippen molar-refractivity contribution in [1.29, 1.82) is 0 Å². The summed E-state index contributed by atoms with van der Waals surface area (Å²) in [7, 11) is 3.47. The van der Waals surface area contributed by atoms with E-state index in [1.807, 2.05) is 12.1 Å². The van der Waals surface area contributed by atoms with Crippen molar-refractivity contribution >= 4 is 5.96 Å². The van der Waals surface area contributed by atoms with Crippen LogP contribution in [0.15, 0.2) is 33.8 Å². The minimum Gasteiger partial charge on any atom is -0.497 e. The van der Waals surface area contributed by atoms with E-state index < -0.39 is 0 Å². The van der Waals surface area contributed by atoms with Gasteiger partial charge in [0.15, 0.2) is 5.96 Å². The Morgan fingerprint density at radius 2 is 2.00 bits per heavy atom. The van der Waals surface area contributed by atoms with E-state index in [2.05, 4.69) is 60.6 Å². The first kappa shape index (κ1) is 20.8. The van der Waals surface area contributed by atoms with Gasteiger partial charge in [-0.25, -0.2) is 0 Å². The van der Waals surface area contributed by atoms with E-state index >= 15 is 0 Å². The van der Waals surface area contributed by atoms with Crippen LogP contribution in [0.5, 0.6) is 5.75 Å². The van der Waals surface area contributed by atoms with Gasteiger partial charge in [0.25, 0.3) is 0 Å². The number of benzene rings is 1. The maximum absolute atomic E-state index is 5.43. The monoisotopic (exact) mass is 372 g/mol. The van der Waals surface area contributed by atoms with Crippen molar-refractivity contribution in [2.75, 3.05) is 20.7 Å². The molecule has 0 radical (unpaired) electrons. The Bertz CT molecular complexity index is 744. The van der Waals surface area contributed by atoms with Crippen LogP contribution >= 0.6 is 0 Å². The normalized spacial score (nSPS) is 12.1. The highest BCUT2D eigenvalue weighted by atomic mass is 16.5. The fourth-order valence-electron chi connectivity index (χ4n) is 2.98. The SMILES string of the molecule is CCc1noc(CC)c1CNC(=NC)NCC(C)(C)c1cccc(OC)c1. The number of aromatic nitrogens is 1. The summed E-state index contributed by atoms with van der Waals surface area (Å²) in [4.78, 5) is 4.35. The zero-order chi connectivity index (χ0) is 19.9. The first-order valence-corrected chi connectivity index (χ1v) is 9.50. The summed E-state index contributed by atoms with van der Waals surface area (Å²) in [5.74, 6) is 2.57. The Kier molecular flexibility index (Phi) is 7.28. The molecular formula is C21H32N4O2. The van der Waals surface area contributed by atoms with Crippen LogP contribution in [0, 0.1) is 0 Å². The molecule has 0 saturated carbocycles. The molecule has 2 aromatic rings. The van der Waals surface area contributed by atoms with Crippen LogP contribution < -0.4 is 15.4 Å². The topological polar surface area (TPSA) is 71.7 Å². The van der Waals surface area contributed by atoms with Crippen LogP contribution in [0.4, 0.5) is 0 Å². The van der Waals surface area contributed by atoms with Crippen molar-refractivity contribution in [1.82, 2.24) is 15.8 Å². The van der Waals surface area contributed by atoms with Crippen LogP contribution in [-0.4, -0.2) is 31.8 Å². The lowest BCUT2D eigenvalue weighted by Gasteiger charge is -2.27. The van der Waals surface area contributed by atoms with E-state index in [4.69, 9.17) is 9.26 Å². The third-order valence-electron chi connectivity index (χ3n) is 4.81. The van der Waals surface area contributed by atoms with E-state index in [0.29, 0.717) is 6.54 Å². The highest BCUT2D eigenvalue weighted by Gasteiger charge is 2.22. The lowest BCUT2D eigenvalue weighted by atomic mass is 9.84. The standard InChI is InChI=1S/C21H32N4O2/c1-7-18-17(19(8-2)27-25-18)13-23-20(22-5)24-14-21(3,4)15-10-9-11-16(12-15)26-6/h9-12H,7-8,13-14H2,1-6H3,(H2,22,23,24). The Morgan fingerprint density at radius 1 is 1.22 bits per heavy atom. The van der Waals surface area contributed by atoms with E-state index in [-0.39, 0.29) is 5.41 Å². The molecule has 1 aromatic heterocycles. The Morgan fingerprint density at radius 3 is 2.63 bits per heavy atom. The molecule has 0 fully saturated rings. The van der Waals surface area contributed by atoms with Crippen LogP contribution in [0.2, 0.25) is 0 Å². The largest absolute Gasteiger partial charge is 0.497 e. The van der Waals surface area contributed by atoms with E-state index in [9.17, 15) is 0 Å². The number of nitrogens with one attached hydrogen (secondary N) is 2. The predicted molar refractivity (Wildman–Crippen MR) is 109 cm³/mol. The van der Waals surface area contributed by atoms with Gasteiger partial charge in [0.2, 0.25) is 0 Å². The number of aliphatic imine (C=N–C) groups is 1. The Labute approximate surface area is 162 Å². The van der Waals surface area contributed by atoms with Gasteiger partial charge in [-0.15, -0.1) is 0 Å². The molecule has 6 heteroatoms. The van der Waals surface area contributed by atoms with E-state index in [1.165, 1.54) is 5.56 Å².